The summed E-state index contributed by atoms with van der Waals surface area (Å²) in [6.07, 6.45) is 6.57. The number of ether oxygens (including phenoxy) is 1. The van der Waals surface area contributed by atoms with Crippen molar-refractivity contribution in [2.45, 2.75) is 18.9 Å². The summed E-state index contributed by atoms with van der Waals surface area (Å²) in [5.74, 6) is -0.450. The summed E-state index contributed by atoms with van der Waals surface area (Å²) in [4.78, 5) is 30.0. The van der Waals surface area contributed by atoms with Crippen molar-refractivity contribution in [1.29, 1.82) is 0 Å². The number of carbonyl (C=O) groups is 1. The standard InChI is InChI=1S/C24H18ClFN6O3/c25-21-18(9-10-28-23(21)27)35-20-8-7-19(30-31-20)29-24(34)17-12-32(15-5-6-15)11-16(22(17)33)13-1-3-14(26)4-2-13/h1-4,7-12,15H,5-6H2,(H2,27,28)(H,29,30,34). The van der Waals surface area contributed by atoms with Crippen LogP contribution in [-0.4, -0.2) is 25.7 Å². The topological polar surface area (TPSA) is 125 Å². The van der Waals surface area contributed by atoms with Gasteiger partial charge in [0.25, 0.3) is 5.91 Å². The lowest BCUT2D eigenvalue weighted by atomic mass is 10.0. The summed E-state index contributed by atoms with van der Waals surface area (Å²) in [5.41, 5.74) is 5.97. The van der Waals surface area contributed by atoms with Gasteiger partial charge >= 0.3 is 0 Å². The largest absolute Gasteiger partial charge is 0.436 e. The van der Waals surface area contributed by atoms with Crippen molar-refractivity contribution in [3.63, 3.8) is 0 Å². The minimum Gasteiger partial charge on any atom is -0.436 e. The maximum atomic E-state index is 13.4. The molecule has 0 radical (unpaired) electrons. The first kappa shape index (κ1) is 22.5. The van der Waals surface area contributed by atoms with Crippen LogP contribution in [0.15, 0.2) is 65.8 Å². The van der Waals surface area contributed by atoms with Crippen LogP contribution < -0.4 is 21.2 Å². The number of nitrogen functional groups attached to an aromatic ring is 1. The Morgan fingerprint density at radius 2 is 1.89 bits per heavy atom. The molecular weight excluding hydrogens is 475 g/mol. The van der Waals surface area contributed by atoms with Gasteiger partial charge in [0.2, 0.25) is 11.3 Å². The summed E-state index contributed by atoms with van der Waals surface area (Å²) in [5, 5.41) is 10.6. The molecule has 1 aliphatic rings. The number of hydrogen-bond acceptors (Lipinski definition) is 7. The lowest BCUT2D eigenvalue weighted by molar-refractivity contribution is 0.102. The average molecular weight is 493 g/mol. The predicted octanol–water partition coefficient (Wildman–Crippen LogP) is 4.45. The summed E-state index contributed by atoms with van der Waals surface area (Å²) < 4.78 is 20.8. The van der Waals surface area contributed by atoms with Crippen molar-refractivity contribution in [3.05, 3.63) is 87.7 Å². The number of nitrogens with two attached hydrogens (primary N) is 1. The van der Waals surface area contributed by atoms with E-state index in [4.69, 9.17) is 22.1 Å². The van der Waals surface area contributed by atoms with Crippen LogP contribution in [0.25, 0.3) is 11.1 Å². The Morgan fingerprint density at radius 3 is 2.57 bits per heavy atom. The lowest BCUT2D eigenvalue weighted by Gasteiger charge is -2.12. The van der Waals surface area contributed by atoms with Gasteiger partial charge in [0.05, 0.1) is 0 Å². The molecule has 3 heterocycles. The van der Waals surface area contributed by atoms with Crippen molar-refractivity contribution < 1.29 is 13.9 Å². The van der Waals surface area contributed by atoms with E-state index in [1.54, 1.807) is 6.20 Å². The Balaban J connectivity index is 1.39. The second-order valence-electron chi connectivity index (χ2n) is 7.92. The molecule has 0 aliphatic heterocycles. The van der Waals surface area contributed by atoms with Gasteiger partial charge in [-0.3, -0.25) is 9.59 Å². The Labute approximate surface area is 203 Å². The van der Waals surface area contributed by atoms with Gasteiger partial charge in [-0.25, -0.2) is 9.37 Å². The molecule has 5 rings (SSSR count). The van der Waals surface area contributed by atoms with Gasteiger partial charge in [-0.2, -0.15) is 0 Å². The highest BCUT2D eigenvalue weighted by atomic mass is 35.5. The van der Waals surface area contributed by atoms with Crippen LogP contribution in [0.1, 0.15) is 29.2 Å². The smallest absolute Gasteiger partial charge is 0.262 e. The molecule has 0 spiro atoms. The van der Waals surface area contributed by atoms with Gasteiger partial charge in [-0.05, 0) is 36.6 Å². The number of nitrogens with zero attached hydrogens (tertiary/aromatic N) is 4. The number of amides is 1. The third kappa shape index (κ3) is 4.82. The number of rotatable bonds is 6. The summed E-state index contributed by atoms with van der Waals surface area (Å²) in [6, 6.07) is 10.3. The molecule has 0 saturated heterocycles. The molecule has 1 saturated carbocycles. The van der Waals surface area contributed by atoms with E-state index in [1.165, 1.54) is 54.9 Å². The Morgan fingerprint density at radius 1 is 1.11 bits per heavy atom. The Kier molecular flexibility index (Phi) is 5.87. The Hall–Kier alpha value is -4.31. The fourth-order valence-electron chi connectivity index (χ4n) is 3.44. The highest BCUT2D eigenvalue weighted by molar-refractivity contribution is 6.34. The van der Waals surface area contributed by atoms with Gasteiger partial charge in [0, 0.05) is 42.3 Å². The highest BCUT2D eigenvalue weighted by Gasteiger charge is 2.26. The van der Waals surface area contributed by atoms with E-state index in [0.717, 1.165) is 12.8 Å². The molecule has 4 aromatic rings. The molecule has 3 N–H and O–H groups in total. The zero-order chi connectivity index (χ0) is 24.5. The molecule has 1 fully saturated rings. The van der Waals surface area contributed by atoms with E-state index in [0.29, 0.717) is 11.1 Å². The fourth-order valence-corrected chi connectivity index (χ4v) is 3.59. The minimum atomic E-state index is -0.638. The second kappa shape index (κ2) is 9.15. The third-order valence-corrected chi connectivity index (χ3v) is 5.77. The monoisotopic (exact) mass is 492 g/mol. The number of carbonyl (C=O) groups excluding carboxylic acids is 1. The summed E-state index contributed by atoms with van der Waals surface area (Å²) in [6.45, 7) is 0. The predicted molar refractivity (Wildman–Crippen MR) is 128 cm³/mol. The molecule has 1 aromatic carbocycles. The maximum absolute atomic E-state index is 13.4. The molecule has 11 heteroatoms. The first-order chi connectivity index (χ1) is 16.9. The lowest BCUT2D eigenvalue weighted by Crippen LogP contribution is -2.25. The van der Waals surface area contributed by atoms with Crippen LogP contribution in [0.3, 0.4) is 0 Å². The zero-order valence-corrected chi connectivity index (χ0v) is 18.9. The average Bonchev–Trinajstić information content (AvgIpc) is 3.70. The van der Waals surface area contributed by atoms with Crippen LogP contribution in [0.5, 0.6) is 11.6 Å². The molecule has 0 atom stereocenters. The van der Waals surface area contributed by atoms with Crippen LogP contribution in [0.4, 0.5) is 16.0 Å². The van der Waals surface area contributed by atoms with E-state index < -0.39 is 17.2 Å². The molecule has 0 bridgehead atoms. The molecule has 1 aliphatic carbocycles. The fraction of sp³-hybridized carbons (Fsp3) is 0.125. The van der Waals surface area contributed by atoms with Gasteiger partial charge in [-0.1, -0.05) is 23.7 Å². The first-order valence-electron chi connectivity index (χ1n) is 10.6. The van der Waals surface area contributed by atoms with E-state index in [2.05, 4.69) is 20.5 Å². The normalized spacial score (nSPS) is 12.9. The van der Waals surface area contributed by atoms with E-state index in [1.807, 2.05) is 4.57 Å². The van der Waals surface area contributed by atoms with Gasteiger partial charge in [0.15, 0.2) is 11.6 Å². The van der Waals surface area contributed by atoms with E-state index in [-0.39, 0.29) is 39.9 Å². The van der Waals surface area contributed by atoms with Crippen LogP contribution in [-0.2, 0) is 0 Å². The first-order valence-corrected chi connectivity index (χ1v) is 11.0. The van der Waals surface area contributed by atoms with Crippen LogP contribution >= 0.6 is 11.6 Å². The van der Waals surface area contributed by atoms with E-state index in [9.17, 15) is 14.0 Å². The third-order valence-electron chi connectivity index (χ3n) is 5.39. The SMILES string of the molecule is Nc1nccc(Oc2ccc(NC(=O)c3cn(C4CC4)cc(-c4ccc(F)cc4)c3=O)nn2)c1Cl. The summed E-state index contributed by atoms with van der Waals surface area (Å²) >= 11 is 6.06. The van der Waals surface area contributed by atoms with E-state index >= 15 is 0 Å². The molecule has 35 heavy (non-hydrogen) atoms. The van der Waals surface area contributed by atoms with Gasteiger partial charge < -0.3 is 20.4 Å². The number of pyridine rings is 2. The number of nitrogens with one attached hydrogen (secondary N) is 1. The van der Waals surface area contributed by atoms with Crippen molar-refractivity contribution >= 4 is 29.1 Å². The second-order valence-corrected chi connectivity index (χ2v) is 8.30. The van der Waals surface area contributed by atoms with Gasteiger partial charge in [0.1, 0.15) is 22.2 Å². The number of benzene rings is 1. The number of aromatic nitrogens is 4. The summed E-state index contributed by atoms with van der Waals surface area (Å²) in [7, 11) is 0. The maximum Gasteiger partial charge on any atom is 0.262 e. The molecule has 1 amide bonds. The minimum absolute atomic E-state index is 0.0557. The van der Waals surface area contributed by atoms with Gasteiger partial charge in [-0.15, -0.1) is 10.2 Å². The van der Waals surface area contributed by atoms with Crippen molar-refractivity contribution in [1.82, 2.24) is 19.7 Å². The van der Waals surface area contributed by atoms with Crippen LogP contribution in [0, 0.1) is 5.82 Å². The quantitative estimate of drug-likeness (QED) is 0.407. The molecule has 3 aromatic heterocycles. The number of anilines is 2. The van der Waals surface area contributed by atoms with Crippen LogP contribution in [0.2, 0.25) is 5.02 Å². The molecule has 176 valence electrons. The van der Waals surface area contributed by atoms with Crippen molar-refractivity contribution in [3.8, 4) is 22.8 Å². The Bertz CT molecular complexity index is 1470. The number of hydrogen-bond donors (Lipinski definition) is 2. The highest BCUT2D eigenvalue weighted by Crippen LogP contribution is 2.35. The molecule has 9 nitrogen and oxygen atoms in total. The zero-order valence-electron chi connectivity index (χ0n) is 18.1. The molecular formula is C24H18ClFN6O3. The molecule has 0 unspecified atom stereocenters. The number of halogens is 2. The van der Waals surface area contributed by atoms with Crippen molar-refractivity contribution in [2.24, 2.45) is 0 Å². The van der Waals surface area contributed by atoms with Crippen molar-refractivity contribution in [2.75, 3.05) is 11.1 Å².